The second-order valence-electron chi connectivity index (χ2n) is 4.28. The van der Waals surface area contributed by atoms with Gasteiger partial charge in [0.2, 0.25) is 0 Å². The van der Waals surface area contributed by atoms with E-state index in [1.165, 1.54) is 12.1 Å². The zero-order valence-corrected chi connectivity index (χ0v) is 9.80. The van der Waals surface area contributed by atoms with Gasteiger partial charge in [-0.05, 0) is 6.07 Å². The fourth-order valence-corrected chi connectivity index (χ4v) is 1.82. The number of nitro groups is 1. The number of hydrogen-bond acceptors (Lipinski definition) is 4. The van der Waals surface area contributed by atoms with E-state index in [1.807, 2.05) is 0 Å². The molecule has 1 aliphatic rings. The first kappa shape index (κ1) is 12.8. The van der Waals surface area contributed by atoms with E-state index in [0.717, 1.165) is 0 Å². The maximum Gasteiger partial charge on any atom is 0.310 e. The van der Waals surface area contributed by atoms with Crippen molar-refractivity contribution in [3.8, 4) is 5.75 Å². The van der Waals surface area contributed by atoms with Crippen molar-refractivity contribution < 1.29 is 18.8 Å². The molecule has 1 aliphatic heterocycles. The van der Waals surface area contributed by atoms with Gasteiger partial charge in [0.25, 0.3) is 0 Å². The summed E-state index contributed by atoms with van der Waals surface area (Å²) in [5, 5.41) is 10.8. The number of benzene rings is 1. The van der Waals surface area contributed by atoms with Crippen LogP contribution in [-0.4, -0.2) is 30.4 Å². The second-order valence-corrected chi connectivity index (χ2v) is 4.28. The van der Waals surface area contributed by atoms with Gasteiger partial charge in [-0.15, -0.1) is 0 Å². The lowest BCUT2D eigenvalue weighted by Gasteiger charge is -2.29. The first-order chi connectivity index (χ1) is 8.61. The van der Waals surface area contributed by atoms with Gasteiger partial charge in [-0.1, -0.05) is 12.1 Å². The summed E-state index contributed by atoms with van der Waals surface area (Å²) in [7, 11) is 0. The molecule has 2 rings (SSSR count). The van der Waals surface area contributed by atoms with Crippen LogP contribution in [0.3, 0.4) is 0 Å². The zero-order chi connectivity index (χ0) is 13.0. The molecule has 0 saturated carbocycles. The minimum atomic E-state index is -1.46. The molecule has 0 aromatic heterocycles. The van der Waals surface area contributed by atoms with E-state index in [9.17, 15) is 14.5 Å². The molecule has 1 saturated heterocycles. The molecule has 0 amide bonds. The molecule has 5 nitrogen and oxygen atoms in total. The van der Waals surface area contributed by atoms with Crippen LogP contribution in [0.2, 0.25) is 0 Å². The van der Waals surface area contributed by atoms with Crippen molar-refractivity contribution in [2.45, 2.75) is 18.5 Å². The molecule has 18 heavy (non-hydrogen) atoms. The Morgan fingerprint density at radius 1 is 1.39 bits per heavy atom. The highest BCUT2D eigenvalue weighted by Crippen LogP contribution is 2.30. The molecule has 0 atom stereocenters. The van der Waals surface area contributed by atoms with Crippen molar-refractivity contribution in [3.05, 3.63) is 34.4 Å². The molecule has 1 aromatic rings. The Balaban J connectivity index is 2.03. The fourth-order valence-electron chi connectivity index (χ4n) is 1.82. The topological polar surface area (TPSA) is 61.6 Å². The Hall–Kier alpha value is -1.69. The summed E-state index contributed by atoms with van der Waals surface area (Å²) in [6.45, 7) is 0.536. The number of nitro benzene ring substituents is 1. The van der Waals surface area contributed by atoms with Crippen LogP contribution in [0.25, 0.3) is 0 Å². The smallest absolute Gasteiger partial charge is 0.310 e. The van der Waals surface area contributed by atoms with Crippen LogP contribution in [0.15, 0.2) is 24.3 Å². The second kappa shape index (κ2) is 5.30. The standard InChI is InChI=1S/C12H14FNO4/c13-12(5-7-17-8-6-12)9-18-11-4-2-1-3-10(11)14(15)16/h1-4H,5-9H2. The number of ether oxygens (including phenoxy) is 2. The van der Waals surface area contributed by atoms with Crippen LogP contribution in [-0.2, 0) is 4.74 Å². The van der Waals surface area contributed by atoms with E-state index >= 15 is 0 Å². The molecule has 0 unspecified atom stereocenters. The van der Waals surface area contributed by atoms with Crippen molar-refractivity contribution >= 4 is 5.69 Å². The summed E-state index contributed by atoms with van der Waals surface area (Å²) in [6, 6.07) is 5.98. The Bertz CT molecular complexity index is 432. The predicted octanol–water partition coefficient (Wildman–Crippen LogP) is 2.49. The summed E-state index contributed by atoms with van der Waals surface area (Å²) < 4.78 is 24.6. The minimum absolute atomic E-state index is 0.103. The van der Waals surface area contributed by atoms with Crippen LogP contribution in [0.1, 0.15) is 12.8 Å². The van der Waals surface area contributed by atoms with Crippen molar-refractivity contribution in [1.29, 1.82) is 0 Å². The monoisotopic (exact) mass is 255 g/mol. The lowest BCUT2D eigenvalue weighted by Crippen LogP contribution is -2.37. The zero-order valence-electron chi connectivity index (χ0n) is 9.80. The summed E-state index contributed by atoms with van der Waals surface area (Å²) in [5.74, 6) is 0.103. The maximum atomic E-state index is 14.2. The Kier molecular flexibility index (Phi) is 3.76. The molecular formula is C12H14FNO4. The Morgan fingerprint density at radius 3 is 2.72 bits per heavy atom. The third kappa shape index (κ3) is 2.95. The van der Waals surface area contributed by atoms with E-state index in [2.05, 4.69) is 0 Å². The van der Waals surface area contributed by atoms with Gasteiger partial charge in [-0.3, -0.25) is 10.1 Å². The summed E-state index contributed by atoms with van der Waals surface area (Å²) >= 11 is 0. The largest absolute Gasteiger partial charge is 0.483 e. The first-order valence-electron chi connectivity index (χ1n) is 5.74. The molecule has 1 aromatic carbocycles. The number of rotatable bonds is 4. The third-order valence-corrected chi connectivity index (χ3v) is 2.94. The SMILES string of the molecule is O=[N+]([O-])c1ccccc1OCC1(F)CCOCC1. The van der Waals surface area contributed by atoms with Crippen molar-refractivity contribution in [2.75, 3.05) is 19.8 Å². The van der Waals surface area contributed by atoms with Crippen molar-refractivity contribution in [3.63, 3.8) is 0 Å². The van der Waals surface area contributed by atoms with Gasteiger partial charge < -0.3 is 9.47 Å². The molecule has 1 heterocycles. The van der Waals surface area contributed by atoms with Gasteiger partial charge in [-0.2, -0.15) is 0 Å². The number of para-hydroxylation sites is 2. The lowest BCUT2D eigenvalue weighted by molar-refractivity contribution is -0.386. The third-order valence-electron chi connectivity index (χ3n) is 2.94. The van der Waals surface area contributed by atoms with Gasteiger partial charge in [-0.25, -0.2) is 4.39 Å². The van der Waals surface area contributed by atoms with Crippen LogP contribution >= 0.6 is 0 Å². The van der Waals surface area contributed by atoms with Crippen LogP contribution in [0.5, 0.6) is 5.75 Å². The maximum absolute atomic E-state index is 14.2. The molecule has 0 aliphatic carbocycles. The number of hydrogen-bond donors (Lipinski definition) is 0. The average molecular weight is 255 g/mol. The average Bonchev–Trinajstić information content (AvgIpc) is 2.38. The van der Waals surface area contributed by atoms with E-state index in [0.29, 0.717) is 13.2 Å². The number of nitrogens with zero attached hydrogens (tertiary/aromatic N) is 1. The molecule has 6 heteroatoms. The van der Waals surface area contributed by atoms with Gasteiger partial charge in [0.05, 0.1) is 4.92 Å². The highest BCUT2D eigenvalue weighted by molar-refractivity contribution is 5.45. The Morgan fingerprint density at radius 2 is 2.06 bits per heavy atom. The molecule has 0 spiro atoms. The normalized spacial score (nSPS) is 18.3. The molecular weight excluding hydrogens is 241 g/mol. The first-order valence-corrected chi connectivity index (χ1v) is 5.74. The molecule has 98 valence electrons. The van der Waals surface area contributed by atoms with Gasteiger partial charge in [0, 0.05) is 32.1 Å². The van der Waals surface area contributed by atoms with Crippen LogP contribution in [0.4, 0.5) is 10.1 Å². The van der Waals surface area contributed by atoms with E-state index in [1.54, 1.807) is 12.1 Å². The highest BCUT2D eigenvalue weighted by atomic mass is 19.1. The highest BCUT2D eigenvalue weighted by Gasteiger charge is 2.33. The van der Waals surface area contributed by atoms with E-state index < -0.39 is 10.6 Å². The minimum Gasteiger partial charge on any atom is -0.483 e. The predicted molar refractivity (Wildman–Crippen MR) is 62.5 cm³/mol. The van der Waals surface area contributed by atoms with Gasteiger partial charge in [0.15, 0.2) is 5.75 Å². The van der Waals surface area contributed by atoms with Crippen LogP contribution in [0, 0.1) is 10.1 Å². The van der Waals surface area contributed by atoms with Crippen LogP contribution < -0.4 is 4.74 Å². The van der Waals surface area contributed by atoms with E-state index in [-0.39, 0.29) is 30.9 Å². The Labute approximate surface area is 104 Å². The molecule has 0 radical (unpaired) electrons. The summed E-state index contributed by atoms with van der Waals surface area (Å²) in [4.78, 5) is 10.2. The lowest BCUT2D eigenvalue weighted by atomic mass is 9.98. The van der Waals surface area contributed by atoms with Crippen molar-refractivity contribution in [2.24, 2.45) is 0 Å². The van der Waals surface area contributed by atoms with Crippen molar-refractivity contribution in [1.82, 2.24) is 0 Å². The fraction of sp³-hybridized carbons (Fsp3) is 0.500. The number of halogens is 1. The number of alkyl halides is 1. The molecule has 1 fully saturated rings. The summed E-state index contributed by atoms with van der Waals surface area (Å²) in [5.41, 5.74) is -1.60. The molecule has 0 N–H and O–H groups in total. The quantitative estimate of drug-likeness (QED) is 0.612. The van der Waals surface area contributed by atoms with Gasteiger partial charge >= 0.3 is 5.69 Å². The van der Waals surface area contributed by atoms with Gasteiger partial charge in [0.1, 0.15) is 12.3 Å². The molecule has 0 bridgehead atoms. The summed E-state index contributed by atoms with van der Waals surface area (Å²) in [6.07, 6.45) is 0.515. The van der Waals surface area contributed by atoms with E-state index in [4.69, 9.17) is 9.47 Å².